The number of sulfonamides is 1. The van der Waals surface area contributed by atoms with Crippen molar-refractivity contribution in [2.45, 2.75) is 102 Å². The molecule has 0 bridgehead atoms. The minimum Gasteiger partial charge on any atom is -0.487 e. The van der Waals surface area contributed by atoms with Gasteiger partial charge >= 0.3 is 12.1 Å². The molecular formula is C42H53N5O8S. The van der Waals surface area contributed by atoms with Crippen molar-refractivity contribution in [1.82, 2.24) is 15.4 Å². The fourth-order valence-corrected chi connectivity index (χ4v) is 9.00. The van der Waals surface area contributed by atoms with Gasteiger partial charge in [-0.05, 0) is 118 Å². The SMILES string of the molecule is C=CC[C@@H](NC(=O)[C@H](CCCCN=C(N)NS(=O)(=O)c1c(C)c(C)c2c(c1C)CCC(C)(C)O2)NC(=O)OCC1c2ccccc2-c2ccccc21)C(=O)OC. The van der Waals surface area contributed by atoms with Gasteiger partial charge in [-0.15, -0.1) is 6.58 Å². The predicted octanol–water partition coefficient (Wildman–Crippen LogP) is 5.62. The second kappa shape index (κ2) is 17.6. The molecule has 3 aromatic carbocycles. The Bertz CT molecular complexity index is 2090. The monoisotopic (exact) mass is 787 g/mol. The van der Waals surface area contributed by atoms with E-state index >= 15 is 0 Å². The molecule has 56 heavy (non-hydrogen) atoms. The third-order valence-electron chi connectivity index (χ3n) is 10.5. The standard InChI is InChI=1S/C42H53N5O8S/c1-8-15-35(39(49)53-7)45-38(48)34(46-41(50)54-24-33-31-18-11-9-16-29(31)30-17-10-12-19-32(30)33)20-13-14-23-44-40(43)47-56(51,52)37-26(3)25(2)36-28(27(37)4)21-22-42(5,6)55-36/h8-12,16-19,33-35H,1,13-15,20-24H2,2-7H3,(H,45,48)(H,46,50)(H3,43,44,47)/t34-,35+/m0/s1. The van der Waals surface area contributed by atoms with Crippen LogP contribution in [0.4, 0.5) is 4.79 Å². The quantitative estimate of drug-likeness (QED) is 0.0499. The summed E-state index contributed by atoms with van der Waals surface area (Å²) in [5.74, 6) is -0.973. The molecule has 2 atom stereocenters. The van der Waals surface area contributed by atoms with Gasteiger partial charge in [-0.3, -0.25) is 9.79 Å². The van der Waals surface area contributed by atoms with E-state index in [1.54, 1.807) is 13.8 Å². The molecule has 13 nitrogen and oxygen atoms in total. The van der Waals surface area contributed by atoms with Crippen LogP contribution in [0.2, 0.25) is 0 Å². The number of fused-ring (bicyclic) bond motifs is 4. The van der Waals surface area contributed by atoms with Crippen molar-refractivity contribution < 1.29 is 37.0 Å². The Kier molecular flexibility index (Phi) is 13.1. The maximum atomic E-state index is 13.6. The van der Waals surface area contributed by atoms with E-state index in [1.165, 1.54) is 13.2 Å². The zero-order valence-electron chi connectivity index (χ0n) is 33.0. The van der Waals surface area contributed by atoms with Crippen molar-refractivity contribution in [3.63, 3.8) is 0 Å². The Morgan fingerprint density at radius 2 is 1.62 bits per heavy atom. The highest BCUT2D eigenvalue weighted by molar-refractivity contribution is 7.90. The van der Waals surface area contributed by atoms with E-state index in [2.05, 4.69) is 26.9 Å². The molecule has 5 rings (SSSR count). The van der Waals surface area contributed by atoms with E-state index in [0.717, 1.165) is 45.6 Å². The number of carbonyl (C=O) groups excluding carboxylic acids is 3. The number of nitrogens with one attached hydrogen (secondary N) is 3. The van der Waals surface area contributed by atoms with Crippen molar-refractivity contribution in [2.75, 3.05) is 20.3 Å². The summed E-state index contributed by atoms with van der Waals surface area (Å²) in [7, 11) is -2.86. The van der Waals surface area contributed by atoms with E-state index in [-0.39, 0.29) is 48.4 Å². The van der Waals surface area contributed by atoms with E-state index in [4.69, 9.17) is 19.9 Å². The van der Waals surface area contributed by atoms with Gasteiger partial charge in [0.05, 0.1) is 12.0 Å². The molecule has 0 spiro atoms. The second-order valence-electron chi connectivity index (χ2n) is 14.9. The van der Waals surface area contributed by atoms with Gasteiger partial charge in [0.2, 0.25) is 11.9 Å². The van der Waals surface area contributed by atoms with E-state index in [0.29, 0.717) is 30.4 Å². The lowest BCUT2D eigenvalue weighted by Gasteiger charge is -2.35. The molecule has 0 saturated carbocycles. The van der Waals surface area contributed by atoms with Gasteiger partial charge in [-0.25, -0.2) is 22.7 Å². The number of rotatable bonds is 15. The number of ether oxygens (including phenoxy) is 3. The number of amides is 2. The lowest BCUT2D eigenvalue weighted by atomic mass is 9.88. The first-order valence-corrected chi connectivity index (χ1v) is 20.3. The van der Waals surface area contributed by atoms with Gasteiger partial charge in [0.1, 0.15) is 30.0 Å². The van der Waals surface area contributed by atoms with Crippen LogP contribution in [0.1, 0.15) is 85.3 Å². The normalized spacial score (nSPS) is 15.6. The number of nitrogens with two attached hydrogens (primary N) is 1. The van der Waals surface area contributed by atoms with Crippen LogP contribution in [0.5, 0.6) is 5.75 Å². The molecule has 300 valence electrons. The number of guanidine groups is 1. The van der Waals surface area contributed by atoms with Gasteiger partial charge in [0.15, 0.2) is 0 Å². The third kappa shape index (κ3) is 9.35. The summed E-state index contributed by atoms with van der Waals surface area (Å²) in [4.78, 5) is 43.4. The number of hydrogen-bond acceptors (Lipinski definition) is 9. The predicted molar refractivity (Wildman–Crippen MR) is 215 cm³/mol. The minimum absolute atomic E-state index is 0.0510. The largest absolute Gasteiger partial charge is 0.487 e. The summed E-state index contributed by atoms with van der Waals surface area (Å²) in [6.07, 6.45) is 3.19. The molecule has 1 aliphatic carbocycles. The average molecular weight is 788 g/mol. The molecule has 0 aromatic heterocycles. The van der Waals surface area contributed by atoms with Crippen LogP contribution >= 0.6 is 0 Å². The first kappa shape index (κ1) is 41.8. The third-order valence-corrected chi connectivity index (χ3v) is 12.1. The fourth-order valence-electron chi connectivity index (χ4n) is 7.48. The number of carbonyl (C=O) groups is 3. The lowest BCUT2D eigenvalue weighted by Crippen LogP contribution is -2.51. The Morgan fingerprint density at radius 3 is 2.25 bits per heavy atom. The van der Waals surface area contributed by atoms with Crippen molar-refractivity contribution >= 4 is 34.0 Å². The number of hydrogen-bond donors (Lipinski definition) is 4. The van der Waals surface area contributed by atoms with Crippen LogP contribution in [-0.4, -0.2) is 70.3 Å². The van der Waals surface area contributed by atoms with E-state index < -0.39 is 40.1 Å². The Labute approximate surface area is 329 Å². The highest BCUT2D eigenvalue weighted by Crippen LogP contribution is 2.45. The summed E-state index contributed by atoms with van der Waals surface area (Å²) in [5.41, 5.74) is 12.8. The Hall–Kier alpha value is -5.37. The summed E-state index contributed by atoms with van der Waals surface area (Å²) in [5, 5.41) is 5.32. The molecule has 3 aromatic rings. The van der Waals surface area contributed by atoms with Gasteiger partial charge in [0, 0.05) is 12.5 Å². The first-order chi connectivity index (χ1) is 26.6. The van der Waals surface area contributed by atoms with Gasteiger partial charge in [-0.1, -0.05) is 54.6 Å². The molecule has 1 aliphatic heterocycles. The lowest BCUT2D eigenvalue weighted by molar-refractivity contribution is -0.145. The van der Waals surface area contributed by atoms with Crippen molar-refractivity contribution in [1.29, 1.82) is 0 Å². The van der Waals surface area contributed by atoms with Gasteiger partial charge in [-0.2, -0.15) is 0 Å². The van der Waals surface area contributed by atoms with Crippen molar-refractivity contribution in [3.8, 4) is 16.9 Å². The number of methoxy groups -OCH3 is 1. The summed E-state index contributed by atoms with van der Waals surface area (Å²) >= 11 is 0. The molecule has 0 fully saturated rings. The number of unbranched alkanes of at least 4 members (excludes halogenated alkanes) is 1. The van der Waals surface area contributed by atoms with Crippen LogP contribution in [0.3, 0.4) is 0 Å². The Morgan fingerprint density at radius 1 is 0.982 bits per heavy atom. The van der Waals surface area contributed by atoms with E-state index in [1.807, 2.05) is 69.3 Å². The second-order valence-corrected chi connectivity index (χ2v) is 16.5. The summed E-state index contributed by atoms with van der Waals surface area (Å²) in [6, 6.07) is 13.8. The molecule has 0 unspecified atom stereocenters. The minimum atomic E-state index is -4.08. The molecule has 2 amide bonds. The van der Waals surface area contributed by atoms with Crippen molar-refractivity contribution in [3.05, 3.63) is 94.6 Å². The van der Waals surface area contributed by atoms with Crippen LogP contribution in [0.15, 0.2) is 71.1 Å². The van der Waals surface area contributed by atoms with Crippen molar-refractivity contribution in [2.24, 2.45) is 10.7 Å². The van der Waals surface area contributed by atoms with Crippen LogP contribution in [-0.2, 0) is 35.5 Å². The molecule has 14 heteroatoms. The molecular weight excluding hydrogens is 735 g/mol. The molecule has 0 radical (unpaired) electrons. The van der Waals surface area contributed by atoms with Gasteiger partial charge < -0.3 is 30.6 Å². The number of aliphatic imine (C=N–C) groups is 1. The highest BCUT2D eigenvalue weighted by Gasteiger charge is 2.34. The van der Waals surface area contributed by atoms with E-state index in [9.17, 15) is 22.8 Å². The topological polar surface area (TPSA) is 188 Å². The fraction of sp³-hybridized carbons (Fsp3) is 0.429. The number of esters is 1. The number of alkyl carbamates (subject to hydrolysis) is 1. The number of benzene rings is 3. The molecule has 2 aliphatic rings. The van der Waals surface area contributed by atoms with Crippen LogP contribution in [0.25, 0.3) is 11.1 Å². The Balaban J connectivity index is 1.22. The smallest absolute Gasteiger partial charge is 0.407 e. The summed E-state index contributed by atoms with van der Waals surface area (Å²) < 4.78 is 46.4. The molecule has 0 saturated heterocycles. The zero-order valence-corrected chi connectivity index (χ0v) is 33.8. The molecule has 5 N–H and O–H groups in total. The average Bonchev–Trinajstić information content (AvgIpc) is 3.47. The maximum absolute atomic E-state index is 13.6. The summed E-state index contributed by atoms with van der Waals surface area (Å²) in [6.45, 7) is 13.3. The van der Waals surface area contributed by atoms with Crippen LogP contribution in [0, 0.1) is 20.8 Å². The number of nitrogens with zero attached hydrogens (tertiary/aromatic N) is 1. The van der Waals surface area contributed by atoms with Crippen LogP contribution < -0.4 is 25.8 Å². The highest BCUT2D eigenvalue weighted by atomic mass is 32.2. The maximum Gasteiger partial charge on any atom is 0.407 e. The first-order valence-electron chi connectivity index (χ1n) is 18.8. The van der Waals surface area contributed by atoms with Gasteiger partial charge in [0.25, 0.3) is 10.0 Å². The molecule has 1 heterocycles. The zero-order chi connectivity index (χ0) is 40.8.